The van der Waals surface area contributed by atoms with Crippen LogP contribution in [0.2, 0.25) is 0 Å². The number of rotatable bonds is 5. The van der Waals surface area contributed by atoms with Crippen LogP contribution >= 0.6 is 0 Å². The summed E-state index contributed by atoms with van der Waals surface area (Å²) >= 11 is 0. The topological polar surface area (TPSA) is 61.9 Å². The van der Waals surface area contributed by atoms with E-state index < -0.39 is 0 Å². The summed E-state index contributed by atoms with van der Waals surface area (Å²) in [5, 5.41) is 10.0. The molecule has 1 saturated heterocycles. The van der Waals surface area contributed by atoms with Crippen LogP contribution in [0.25, 0.3) is 0 Å². The monoisotopic (exact) mass is 247 g/mol. The van der Waals surface area contributed by atoms with Gasteiger partial charge in [0, 0.05) is 25.2 Å². The highest BCUT2D eigenvalue weighted by atomic mass is 15.1. The fourth-order valence-corrected chi connectivity index (χ4v) is 2.09. The number of nitrogens with one attached hydrogen (secondary N) is 3. The molecule has 0 aromatic carbocycles. The van der Waals surface area contributed by atoms with Gasteiger partial charge in [0.15, 0.2) is 0 Å². The molecule has 18 heavy (non-hydrogen) atoms. The van der Waals surface area contributed by atoms with Gasteiger partial charge in [-0.05, 0) is 26.3 Å². The first-order valence-electron chi connectivity index (χ1n) is 6.45. The minimum absolute atomic E-state index is 0.459. The number of hydrogen-bond acceptors (Lipinski definition) is 5. The van der Waals surface area contributed by atoms with Crippen LogP contribution < -0.4 is 16.0 Å². The Balaban J connectivity index is 2.01. The highest BCUT2D eigenvalue weighted by molar-refractivity contribution is 5.48. The Morgan fingerprint density at radius 3 is 3.06 bits per heavy atom. The van der Waals surface area contributed by atoms with Crippen LogP contribution in [0.3, 0.4) is 0 Å². The second-order valence-electron chi connectivity index (χ2n) is 4.54. The quantitative estimate of drug-likeness (QED) is 0.689. The van der Waals surface area contributed by atoms with Gasteiger partial charge in [-0.15, -0.1) is 6.58 Å². The van der Waals surface area contributed by atoms with Crippen molar-refractivity contribution in [2.45, 2.75) is 25.8 Å². The van der Waals surface area contributed by atoms with Gasteiger partial charge in [-0.25, -0.2) is 9.97 Å². The molecule has 0 aliphatic carbocycles. The molecule has 0 amide bonds. The van der Waals surface area contributed by atoms with E-state index in [1.165, 1.54) is 12.8 Å². The fourth-order valence-electron chi connectivity index (χ4n) is 2.09. The summed E-state index contributed by atoms with van der Waals surface area (Å²) in [6.07, 6.45) is 4.21. The first-order chi connectivity index (χ1) is 8.78. The molecule has 0 bridgehead atoms. The maximum absolute atomic E-state index is 4.42. The minimum atomic E-state index is 0.459. The van der Waals surface area contributed by atoms with Gasteiger partial charge in [0.2, 0.25) is 0 Å². The van der Waals surface area contributed by atoms with Crippen molar-refractivity contribution >= 4 is 11.6 Å². The zero-order valence-electron chi connectivity index (χ0n) is 10.9. The van der Waals surface area contributed by atoms with Gasteiger partial charge in [0.05, 0.1) is 0 Å². The van der Waals surface area contributed by atoms with Crippen molar-refractivity contribution in [1.82, 2.24) is 15.3 Å². The molecule has 2 rings (SSSR count). The van der Waals surface area contributed by atoms with Crippen molar-refractivity contribution < 1.29 is 0 Å². The van der Waals surface area contributed by atoms with Crippen molar-refractivity contribution in [3.63, 3.8) is 0 Å². The maximum atomic E-state index is 4.42. The van der Waals surface area contributed by atoms with E-state index in [1.54, 1.807) is 0 Å². The smallest absolute Gasteiger partial charge is 0.132 e. The van der Waals surface area contributed by atoms with Crippen molar-refractivity contribution in [1.29, 1.82) is 0 Å². The molecule has 3 N–H and O–H groups in total. The average molecular weight is 247 g/mol. The molecule has 1 aromatic heterocycles. The number of aromatic nitrogens is 2. The second kappa shape index (κ2) is 6.35. The van der Waals surface area contributed by atoms with E-state index in [4.69, 9.17) is 0 Å². The molecule has 5 nitrogen and oxygen atoms in total. The summed E-state index contributed by atoms with van der Waals surface area (Å²) < 4.78 is 0. The molecule has 1 aliphatic heterocycles. The van der Waals surface area contributed by atoms with Crippen LogP contribution in [0.1, 0.15) is 18.7 Å². The van der Waals surface area contributed by atoms with Crippen LogP contribution in [0.4, 0.5) is 11.6 Å². The van der Waals surface area contributed by atoms with E-state index in [2.05, 4.69) is 32.5 Å². The Labute approximate surface area is 108 Å². The summed E-state index contributed by atoms with van der Waals surface area (Å²) in [6.45, 7) is 8.42. The zero-order valence-corrected chi connectivity index (χ0v) is 10.9. The fraction of sp³-hybridized carbons (Fsp3) is 0.538. The predicted molar refractivity (Wildman–Crippen MR) is 75.0 cm³/mol. The molecule has 1 aliphatic rings. The third-order valence-electron chi connectivity index (χ3n) is 2.91. The van der Waals surface area contributed by atoms with E-state index >= 15 is 0 Å². The Bertz CT molecular complexity index is 398. The third-order valence-corrected chi connectivity index (χ3v) is 2.91. The predicted octanol–water partition coefficient (Wildman–Crippen LogP) is 1.55. The van der Waals surface area contributed by atoms with E-state index in [1.807, 2.05) is 19.1 Å². The van der Waals surface area contributed by atoms with Gasteiger partial charge in [0.25, 0.3) is 0 Å². The lowest BCUT2D eigenvalue weighted by atomic mass is 10.1. The Morgan fingerprint density at radius 1 is 1.50 bits per heavy atom. The molecule has 0 spiro atoms. The molecule has 2 heterocycles. The van der Waals surface area contributed by atoms with Crippen LogP contribution in [0, 0.1) is 6.92 Å². The van der Waals surface area contributed by atoms with Gasteiger partial charge in [-0.2, -0.15) is 0 Å². The molecular weight excluding hydrogens is 226 g/mol. The second-order valence-corrected chi connectivity index (χ2v) is 4.54. The number of aryl methyl sites for hydroxylation is 1. The van der Waals surface area contributed by atoms with E-state index in [0.717, 1.165) is 30.5 Å². The summed E-state index contributed by atoms with van der Waals surface area (Å²) in [6, 6.07) is 2.41. The zero-order chi connectivity index (χ0) is 12.8. The van der Waals surface area contributed by atoms with E-state index in [-0.39, 0.29) is 0 Å². The highest BCUT2D eigenvalue weighted by Crippen LogP contribution is 2.14. The van der Waals surface area contributed by atoms with Gasteiger partial charge >= 0.3 is 0 Å². The standard InChI is InChI=1S/C13H21N5/c1-3-6-15-12-8-13(17-10(2)16-12)18-11-5-4-7-14-9-11/h3,8,11,14H,1,4-7,9H2,2H3,(H2,15,16,17,18). The molecule has 0 saturated carbocycles. The van der Waals surface area contributed by atoms with Crippen LogP contribution in [-0.4, -0.2) is 35.6 Å². The van der Waals surface area contributed by atoms with Gasteiger partial charge < -0.3 is 16.0 Å². The molecule has 1 fully saturated rings. The van der Waals surface area contributed by atoms with Crippen molar-refractivity contribution in [2.24, 2.45) is 0 Å². The lowest BCUT2D eigenvalue weighted by molar-refractivity contribution is 0.479. The molecule has 0 radical (unpaired) electrons. The normalized spacial score (nSPS) is 19.3. The SMILES string of the molecule is C=CCNc1cc(NC2CCCNC2)nc(C)n1. The maximum Gasteiger partial charge on any atom is 0.132 e. The summed E-state index contributed by atoms with van der Waals surface area (Å²) in [7, 11) is 0. The molecule has 1 unspecified atom stereocenters. The van der Waals surface area contributed by atoms with Gasteiger partial charge in [-0.3, -0.25) is 0 Å². The molecule has 1 aromatic rings. The lowest BCUT2D eigenvalue weighted by Gasteiger charge is -2.24. The Hall–Kier alpha value is -1.62. The molecular formula is C13H21N5. The summed E-state index contributed by atoms with van der Waals surface area (Å²) in [5.74, 6) is 2.51. The lowest BCUT2D eigenvalue weighted by Crippen LogP contribution is -2.38. The molecule has 1 atom stereocenters. The summed E-state index contributed by atoms with van der Waals surface area (Å²) in [4.78, 5) is 8.76. The first-order valence-corrected chi connectivity index (χ1v) is 6.45. The van der Waals surface area contributed by atoms with Crippen LogP contribution in [-0.2, 0) is 0 Å². The van der Waals surface area contributed by atoms with Crippen LogP contribution in [0.15, 0.2) is 18.7 Å². The highest BCUT2D eigenvalue weighted by Gasteiger charge is 2.13. The van der Waals surface area contributed by atoms with Crippen molar-refractivity contribution in [2.75, 3.05) is 30.3 Å². The number of nitrogens with zero attached hydrogens (tertiary/aromatic N) is 2. The van der Waals surface area contributed by atoms with Crippen LogP contribution in [0.5, 0.6) is 0 Å². The number of piperidine rings is 1. The van der Waals surface area contributed by atoms with E-state index in [0.29, 0.717) is 12.6 Å². The number of anilines is 2. The van der Waals surface area contributed by atoms with Crippen molar-refractivity contribution in [3.05, 3.63) is 24.5 Å². The molecule has 5 heteroatoms. The first kappa shape index (κ1) is 12.8. The average Bonchev–Trinajstić information content (AvgIpc) is 2.37. The van der Waals surface area contributed by atoms with E-state index in [9.17, 15) is 0 Å². The largest absolute Gasteiger partial charge is 0.366 e. The third kappa shape index (κ3) is 3.70. The number of hydrogen-bond donors (Lipinski definition) is 3. The Kier molecular flexibility index (Phi) is 4.52. The van der Waals surface area contributed by atoms with Gasteiger partial charge in [-0.1, -0.05) is 6.08 Å². The molecule has 98 valence electrons. The minimum Gasteiger partial charge on any atom is -0.366 e. The van der Waals surface area contributed by atoms with Gasteiger partial charge in [0.1, 0.15) is 17.5 Å². The summed E-state index contributed by atoms with van der Waals surface area (Å²) in [5.41, 5.74) is 0. The Morgan fingerprint density at radius 2 is 2.33 bits per heavy atom. The van der Waals surface area contributed by atoms with Crippen molar-refractivity contribution in [3.8, 4) is 0 Å².